The highest BCUT2D eigenvalue weighted by molar-refractivity contribution is 7.17. The van der Waals surface area contributed by atoms with Crippen LogP contribution < -0.4 is 0 Å². The highest BCUT2D eigenvalue weighted by Crippen LogP contribution is 2.54. The second-order valence-corrected chi connectivity index (χ2v) is 48.8. The molecule has 4 atom stereocenters. The number of fused-ring (bicyclic) bond motifs is 2. The molecular weight excluding hydrogens is 1950 g/mol. The minimum absolute atomic E-state index is 0.148. The summed E-state index contributed by atoms with van der Waals surface area (Å²) in [6.07, 6.45) is 73.3. The lowest BCUT2D eigenvalue weighted by Crippen LogP contribution is -2.34. The summed E-state index contributed by atoms with van der Waals surface area (Å²) in [6, 6.07) is 23.8. The molecule has 0 aliphatic carbocycles. The number of rotatable bonds is 78. The molecule has 0 bridgehead atoms. The molecule has 4 aromatic heterocycles. The molecule has 0 saturated heterocycles. The van der Waals surface area contributed by atoms with Crippen LogP contribution in [0.3, 0.4) is 0 Å². The molecule has 4 aliphatic rings. The Morgan fingerprint density at radius 1 is 0.227 bits per heavy atom. The van der Waals surface area contributed by atoms with Gasteiger partial charge in [-0.3, -0.25) is 19.2 Å². The number of benzene rings is 3. The van der Waals surface area contributed by atoms with Crippen molar-refractivity contribution in [3.8, 4) is 44.6 Å². The fourth-order valence-electron chi connectivity index (χ4n) is 23.0. The Labute approximate surface area is 918 Å². The zero-order valence-electron chi connectivity index (χ0n) is 93.8. The van der Waals surface area contributed by atoms with Crippen LogP contribution in [0.5, 0.6) is 0 Å². The van der Waals surface area contributed by atoms with Crippen LogP contribution in [0.15, 0.2) is 107 Å². The molecule has 4 amide bonds. The van der Waals surface area contributed by atoms with Crippen LogP contribution in [0.4, 0.5) is 26.3 Å². The molecule has 0 saturated carbocycles. The largest absolute Gasteiger partial charge is 0.306 e. The molecule has 4 aliphatic heterocycles. The van der Waals surface area contributed by atoms with Gasteiger partial charge in [0.1, 0.15) is 0 Å². The summed E-state index contributed by atoms with van der Waals surface area (Å²) in [5.74, 6) is 5.91. The molecule has 0 N–H and O–H groups in total. The number of nitrogens with zero attached hydrogens (tertiary/aromatic N) is 4. The van der Waals surface area contributed by atoms with E-state index in [1.54, 1.807) is 12.1 Å². The Kier molecular flexibility index (Phi) is 55.2. The molecular formula is C132H184F6N4O4S4. The monoisotopic (exact) mass is 2130 g/mol. The topological polar surface area (TPSA) is 81.2 Å². The third-order valence-electron chi connectivity index (χ3n) is 32.0. The number of hydrogen-bond acceptors (Lipinski definition) is 8. The van der Waals surface area contributed by atoms with Gasteiger partial charge in [-0.15, -0.1) is 45.3 Å². The predicted molar refractivity (Wildman–Crippen MR) is 625 cm³/mol. The number of halogens is 6. The smallest absolute Gasteiger partial charge is 0.261 e. The molecule has 4 unspecified atom stereocenters. The van der Waals surface area contributed by atoms with E-state index < -0.39 is 34.9 Å². The molecule has 11 rings (SSSR count). The van der Waals surface area contributed by atoms with Crippen molar-refractivity contribution in [3.05, 3.63) is 194 Å². The average Bonchev–Trinajstić information content (AvgIpc) is 1.55. The Morgan fingerprint density at radius 2 is 0.407 bits per heavy atom. The van der Waals surface area contributed by atoms with E-state index in [-0.39, 0.29) is 58.4 Å². The molecule has 150 heavy (non-hydrogen) atoms. The molecule has 8 heterocycles. The van der Waals surface area contributed by atoms with E-state index in [1.165, 1.54) is 276 Å². The predicted octanol–water partition coefficient (Wildman–Crippen LogP) is 40.7. The van der Waals surface area contributed by atoms with Gasteiger partial charge >= 0.3 is 0 Å². The summed E-state index contributed by atoms with van der Waals surface area (Å²) in [6.45, 7) is 23.9. The van der Waals surface area contributed by atoms with Crippen molar-refractivity contribution in [3.63, 3.8) is 0 Å². The van der Waals surface area contributed by atoms with Crippen LogP contribution in [-0.2, 0) is 19.2 Å². The van der Waals surface area contributed by atoms with E-state index in [0.717, 1.165) is 246 Å². The molecule has 0 fully saturated rings. The van der Waals surface area contributed by atoms with Gasteiger partial charge in [0.15, 0.2) is 34.9 Å². The first-order valence-corrected chi connectivity index (χ1v) is 63.6. The van der Waals surface area contributed by atoms with Crippen LogP contribution in [0.25, 0.3) is 43.7 Å². The van der Waals surface area contributed by atoms with E-state index in [4.69, 9.17) is 0 Å². The highest BCUT2D eigenvalue weighted by atomic mass is 32.1. The van der Waals surface area contributed by atoms with Crippen molar-refractivity contribution in [2.75, 3.05) is 26.2 Å². The summed E-state index contributed by atoms with van der Waals surface area (Å²) >= 11 is 5.55. The van der Waals surface area contributed by atoms with Crippen LogP contribution in [0.1, 0.15) is 518 Å². The van der Waals surface area contributed by atoms with E-state index >= 15 is 36.7 Å². The molecule has 8 nitrogen and oxygen atoms in total. The van der Waals surface area contributed by atoms with Crippen LogP contribution in [-0.4, -0.2) is 69.4 Å². The number of carbonyl (C=O) groups is 4. The van der Waals surface area contributed by atoms with Gasteiger partial charge in [0.25, 0.3) is 23.6 Å². The Morgan fingerprint density at radius 3 is 0.613 bits per heavy atom. The van der Waals surface area contributed by atoms with Gasteiger partial charge in [-0.05, 0) is 196 Å². The summed E-state index contributed by atoms with van der Waals surface area (Å²) in [4.78, 5) is 79.3. The lowest BCUT2D eigenvalue weighted by Gasteiger charge is -2.29. The standard InChI is InChI=1S/C132H184F6N4O4S4/c1-11-19-27-35-43-47-55-63-71-99(67-59-51-39-31-23-15-5)93-139-125(119-121(131(139)145)127(117-85-83-113(149-117)105-89-109(133)123(137)110(134)90-105)141(129(119)143)95-101(69-61-53-41-33-25-17-7)73-65-57-49-45-37-29-21-13-3)115-81-79-107(147-115)77-75-103-87-98(10)104(88-97(103)9)76-78-108-80-82-116(148-108)126-120-122(132(146)140(126)94-100(68-60-52-40-32-24-16-6)72-64-56-48-44-36-28-20-12-2)128(118-86-84-114(150-118)106-91-111(135)124(138)112(136)92-106)142(130(120)144)96-102(70-62-54-42-34-26-18-8)74-66-58-50-46-38-30-22-14-4/h79-92,99-102H,11-74,93-96H2,1-10H3. The first-order chi connectivity index (χ1) is 73.2. The van der Waals surface area contributed by atoms with Gasteiger partial charge < -0.3 is 19.6 Å². The second kappa shape index (κ2) is 67.7. The minimum Gasteiger partial charge on any atom is -0.306 e. The zero-order chi connectivity index (χ0) is 107. The van der Waals surface area contributed by atoms with Crippen LogP contribution >= 0.6 is 45.3 Å². The fraction of sp³-hybridized carbons (Fsp3) is 0.621. The first-order valence-electron chi connectivity index (χ1n) is 60.3. The Hall–Kier alpha value is -8.00. The number of carbonyl (C=O) groups excluding carboxylic acids is 4. The van der Waals surface area contributed by atoms with Gasteiger partial charge in [-0.25, -0.2) is 26.3 Å². The molecule has 0 spiro atoms. The van der Waals surface area contributed by atoms with E-state index in [2.05, 4.69) is 105 Å². The average molecular weight is 2130 g/mol. The zero-order valence-corrected chi connectivity index (χ0v) is 97.1. The van der Waals surface area contributed by atoms with Crippen molar-refractivity contribution in [2.45, 2.75) is 480 Å². The molecule has 18 heteroatoms. The number of hydrogen-bond donors (Lipinski definition) is 0. The highest BCUT2D eigenvalue weighted by Gasteiger charge is 2.53. The fourth-order valence-corrected chi connectivity index (χ4v) is 27.0. The number of unbranched alkanes of at least 4 members (excludes halogenated alkanes) is 48. The second-order valence-electron chi connectivity index (χ2n) is 44.4. The van der Waals surface area contributed by atoms with E-state index in [9.17, 15) is 8.78 Å². The maximum Gasteiger partial charge on any atom is 0.261 e. The molecule has 7 aromatic rings. The van der Waals surface area contributed by atoms with Crippen LogP contribution in [0.2, 0.25) is 0 Å². The van der Waals surface area contributed by atoms with Crippen molar-refractivity contribution < 1.29 is 45.5 Å². The number of amides is 4. The van der Waals surface area contributed by atoms with Gasteiger partial charge in [-0.2, -0.15) is 0 Å². The van der Waals surface area contributed by atoms with Gasteiger partial charge in [-0.1, -0.05) is 439 Å². The van der Waals surface area contributed by atoms with Gasteiger partial charge in [0.2, 0.25) is 0 Å². The summed E-state index contributed by atoms with van der Waals surface area (Å²) < 4.78 is 90.5. The quantitative estimate of drug-likeness (QED) is 0.0165. The van der Waals surface area contributed by atoms with Crippen molar-refractivity contribution >= 4 is 91.8 Å². The molecule has 0 radical (unpaired) electrons. The summed E-state index contributed by atoms with van der Waals surface area (Å²) in [7, 11) is 0. The SMILES string of the molecule is CCCCCCCCCCC(CCCCCCCC)CN1C(=O)C2=C(c3ccc(-c4cc(F)c(F)c(F)c4)s3)N(CC(CCCCCCCC)CCCCCCCCCC)C(=O)C2=C1c1ccc(C#Cc2cc(C)c(C#Cc3ccc(C4=C5C(=O)N(CC(CCCCCCCC)CCCCCCCCCC)C(c6ccc(-c7cc(F)c(F)c(F)c7)s6)=C5C(=O)N4CC(CCCCCCCC)CCCCCCCCCC)s3)cc2C)s1. The van der Waals surface area contributed by atoms with Crippen molar-refractivity contribution in [1.29, 1.82) is 0 Å². The van der Waals surface area contributed by atoms with Crippen molar-refractivity contribution in [2.24, 2.45) is 23.7 Å². The molecule has 3 aromatic carbocycles. The molecule has 822 valence electrons. The normalized spacial score (nSPS) is 14.6. The Bertz CT molecular complexity index is 5210. The van der Waals surface area contributed by atoms with Crippen molar-refractivity contribution in [1.82, 2.24) is 19.6 Å². The van der Waals surface area contributed by atoms with E-state index in [0.29, 0.717) is 90.8 Å². The summed E-state index contributed by atoms with van der Waals surface area (Å²) in [5.41, 5.74) is 7.78. The number of aryl methyl sites for hydroxylation is 2. The third-order valence-corrected chi connectivity index (χ3v) is 36.3. The number of thiophene rings is 4. The minimum atomic E-state index is -1.53. The van der Waals surface area contributed by atoms with Crippen LogP contribution in [0, 0.1) is 96.1 Å². The van der Waals surface area contributed by atoms with Gasteiger partial charge in [0.05, 0.1) is 74.3 Å². The van der Waals surface area contributed by atoms with Gasteiger partial charge in [0, 0.05) is 47.1 Å². The third kappa shape index (κ3) is 37.1. The Balaban J connectivity index is 0.973. The summed E-state index contributed by atoms with van der Waals surface area (Å²) in [5, 5.41) is 0. The first kappa shape index (κ1) is 122. The van der Waals surface area contributed by atoms with E-state index in [1.807, 2.05) is 56.0 Å². The maximum absolute atomic E-state index is 16.5. The lowest BCUT2D eigenvalue weighted by atomic mass is 9.93. The lowest BCUT2D eigenvalue weighted by molar-refractivity contribution is -0.124. The maximum atomic E-state index is 16.5.